The standard InChI is InChI=1S/C13H23ClO3/c14-12(15)10-8-6-4-2-1-3-5-7-9-11-13(16)17/h1-11H2,(H,16,17). The molecule has 0 aliphatic rings. The fraction of sp³-hybridized carbons (Fsp3) is 0.846. The minimum atomic E-state index is -0.696. The Morgan fingerprint density at radius 2 is 1.06 bits per heavy atom. The minimum Gasteiger partial charge on any atom is -0.481 e. The van der Waals surface area contributed by atoms with Crippen LogP contribution in [0, 0.1) is 0 Å². The summed E-state index contributed by atoms with van der Waals surface area (Å²) in [7, 11) is 0. The van der Waals surface area contributed by atoms with Crippen molar-refractivity contribution in [1.82, 2.24) is 0 Å². The van der Waals surface area contributed by atoms with Crippen molar-refractivity contribution in [1.29, 1.82) is 0 Å². The van der Waals surface area contributed by atoms with Crippen LogP contribution in [0.4, 0.5) is 0 Å². The molecule has 0 aromatic heterocycles. The number of rotatable bonds is 12. The largest absolute Gasteiger partial charge is 0.481 e. The van der Waals surface area contributed by atoms with Gasteiger partial charge in [0.05, 0.1) is 0 Å². The third-order valence-corrected chi connectivity index (χ3v) is 2.95. The Balaban J connectivity index is 2.98. The zero-order valence-corrected chi connectivity index (χ0v) is 11.2. The van der Waals surface area contributed by atoms with Gasteiger partial charge in [-0.15, -0.1) is 0 Å². The third-order valence-electron chi connectivity index (χ3n) is 2.76. The lowest BCUT2D eigenvalue weighted by molar-refractivity contribution is -0.137. The van der Waals surface area contributed by atoms with Gasteiger partial charge in [-0.1, -0.05) is 44.9 Å². The highest BCUT2D eigenvalue weighted by molar-refractivity contribution is 6.63. The summed E-state index contributed by atoms with van der Waals surface area (Å²) in [6, 6.07) is 0. The van der Waals surface area contributed by atoms with Gasteiger partial charge in [-0.25, -0.2) is 0 Å². The van der Waals surface area contributed by atoms with Gasteiger partial charge in [-0.2, -0.15) is 0 Å². The van der Waals surface area contributed by atoms with Crippen molar-refractivity contribution in [3.05, 3.63) is 0 Å². The van der Waals surface area contributed by atoms with Crippen LogP contribution in [0.2, 0.25) is 0 Å². The molecule has 100 valence electrons. The average molecular weight is 263 g/mol. The van der Waals surface area contributed by atoms with Crippen LogP contribution in [0.15, 0.2) is 0 Å². The van der Waals surface area contributed by atoms with E-state index in [1.165, 1.54) is 25.7 Å². The number of unbranched alkanes of at least 4 members (excludes halogenated alkanes) is 8. The zero-order valence-electron chi connectivity index (χ0n) is 10.4. The van der Waals surface area contributed by atoms with Gasteiger partial charge in [0, 0.05) is 12.8 Å². The molecule has 4 heteroatoms. The fourth-order valence-electron chi connectivity index (χ4n) is 1.78. The fourth-order valence-corrected chi connectivity index (χ4v) is 1.91. The lowest BCUT2D eigenvalue weighted by Crippen LogP contribution is -1.93. The van der Waals surface area contributed by atoms with Crippen LogP contribution < -0.4 is 0 Å². The molecule has 0 atom stereocenters. The van der Waals surface area contributed by atoms with Crippen molar-refractivity contribution in [2.75, 3.05) is 0 Å². The van der Waals surface area contributed by atoms with Crippen molar-refractivity contribution in [2.45, 2.75) is 70.6 Å². The lowest BCUT2D eigenvalue weighted by atomic mass is 10.1. The lowest BCUT2D eigenvalue weighted by Gasteiger charge is -2.01. The predicted octanol–water partition coefficient (Wildman–Crippen LogP) is 4.13. The molecular formula is C13H23ClO3. The number of carbonyl (C=O) groups excluding carboxylic acids is 1. The molecule has 0 unspecified atom stereocenters. The predicted molar refractivity (Wildman–Crippen MR) is 69.3 cm³/mol. The van der Waals surface area contributed by atoms with Gasteiger partial charge in [-0.05, 0) is 24.4 Å². The summed E-state index contributed by atoms with van der Waals surface area (Å²) >= 11 is 5.23. The number of halogens is 1. The Kier molecular flexibility index (Phi) is 11.5. The Labute approximate surface area is 109 Å². The normalized spacial score (nSPS) is 10.4. The van der Waals surface area contributed by atoms with Gasteiger partial charge >= 0.3 is 5.97 Å². The van der Waals surface area contributed by atoms with Crippen molar-refractivity contribution in [3.63, 3.8) is 0 Å². The third kappa shape index (κ3) is 15.4. The molecule has 0 aromatic rings. The van der Waals surface area contributed by atoms with E-state index in [9.17, 15) is 9.59 Å². The Morgan fingerprint density at radius 3 is 1.41 bits per heavy atom. The van der Waals surface area contributed by atoms with E-state index in [1.807, 2.05) is 0 Å². The van der Waals surface area contributed by atoms with E-state index in [0.29, 0.717) is 12.8 Å². The molecule has 0 heterocycles. The molecule has 0 bridgehead atoms. The molecule has 0 aliphatic heterocycles. The Hall–Kier alpha value is -0.570. The second-order valence-corrected chi connectivity index (χ2v) is 4.85. The van der Waals surface area contributed by atoms with Crippen LogP contribution in [0.25, 0.3) is 0 Å². The van der Waals surface area contributed by atoms with Crippen LogP contribution in [-0.4, -0.2) is 16.3 Å². The van der Waals surface area contributed by atoms with E-state index in [-0.39, 0.29) is 5.24 Å². The number of carboxylic acid groups (broad SMARTS) is 1. The summed E-state index contributed by atoms with van der Waals surface area (Å²) in [5.74, 6) is -0.696. The van der Waals surface area contributed by atoms with Gasteiger partial charge in [0.2, 0.25) is 5.24 Å². The first-order chi connectivity index (χ1) is 8.13. The molecule has 0 aliphatic carbocycles. The van der Waals surface area contributed by atoms with Crippen molar-refractivity contribution in [2.24, 2.45) is 0 Å². The molecular weight excluding hydrogens is 240 g/mol. The maximum Gasteiger partial charge on any atom is 0.303 e. The summed E-state index contributed by atoms with van der Waals surface area (Å²) in [5, 5.41) is 8.21. The van der Waals surface area contributed by atoms with E-state index in [1.54, 1.807) is 0 Å². The van der Waals surface area contributed by atoms with E-state index in [2.05, 4.69) is 0 Å². The van der Waals surface area contributed by atoms with Gasteiger partial charge in [0.1, 0.15) is 0 Å². The van der Waals surface area contributed by atoms with Gasteiger partial charge in [-0.3, -0.25) is 9.59 Å². The topological polar surface area (TPSA) is 54.4 Å². The number of hydrogen-bond donors (Lipinski definition) is 1. The SMILES string of the molecule is O=C(O)CCCCCCCCCCCC(=O)Cl. The Bertz CT molecular complexity index is 195. The molecule has 3 nitrogen and oxygen atoms in total. The second kappa shape index (κ2) is 11.9. The summed E-state index contributed by atoms with van der Waals surface area (Å²) in [4.78, 5) is 20.7. The van der Waals surface area contributed by atoms with Crippen molar-refractivity contribution in [3.8, 4) is 0 Å². The Morgan fingerprint density at radius 1 is 0.706 bits per heavy atom. The molecule has 1 N–H and O–H groups in total. The highest BCUT2D eigenvalue weighted by atomic mass is 35.5. The smallest absolute Gasteiger partial charge is 0.303 e. The molecule has 0 amide bonds. The van der Waals surface area contributed by atoms with Crippen molar-refractivity contribution >= 4 is 22.8 Å². The summed E-state index contributed by atoms with van der Waals surface area (Å²) in [6.07, 6.45) is 10.5. The number of hydrogen-bond acceptors (Lipinski definition) is 2. The average Bonchev–Trinajstić information content (AvgIpc) is 2.25. The number of carboxylic acids is 1. The summed E-state index contributed by atoms with van der Waals surface area (Å²) in [5.41, 5.74) is 0. The first kappa shape index (κ1) is 16.4. The monoisotopic (exact) mass is 262 g/mol. The van der Waals surface area contributed by atoms with Gasteiger partial charge in [0.25, 0.3) is 0 Å². The maximum absolute atomic E-state index is 10.5. The molecule has 0 saturated carbocycles. The molecule has 0 rings (SSSR count). The van der Waals surface area contributed by atoms with Crippen LogP contribution in [0.1, 0.15) is 70.6 Å². The minimum absolute atomic E-state index is 0.233. The van der Waals surface area contributed by atoms with E-state index in [0.717, 1.165) is 32.1 Å². The number of carbonyl (C=O) groups is 2. The molecule has 0 saturated heterocycles. The summed E-state index contributed by atoms with van der Waals surface area (Å²) in [6.45, 7) is 0. The van der Waals surface area contributed by atoms with E-state index >= 15 is 0 Å². The van der Waals surface area contributed by atoms with E-state index < -0.39 is 5.97 Å². The van der Waals surface area contributed by atoms with Gasteiger partial charge < -0.3 is 5.11 Å². The van der Waals surface area contributed by atoms with Crippen LogP contribution >= 0.6 is 11.6 Å². The molecule has 0 spiro atoms. The van der Waals surface area contributed by atoms with Gasteiger partial charge in [0.15, 0.2) is 0 Å². The molecule has 0 radical (unpaired) electrons. The maximum atomic E-state index is 10.5. The van der Waals surface area contributed by atoms with Crippen molar-refractivity contribution < 1.29 is 14.7 Å². The number of aliphatic carboxylic acids is 1. The zero-order chi connectivity index (χ0) is 12.9. The van der Waals surface area contributed by atoms with Crippen LogP contribution in [-0.2, 0) is 9.59 Å². The highest BCUT2D eigenvalue weighted by Crippen LogP contribution is 2.11. The van der Waals surface area contributed by atoms with E-state index in [4.69, 9.17) is 16.7 Å². The molecule has 0 fully saturated rings. The first-order valence-electron chi connectivity index (χ1n) is 6.53. The van der Waals surface area contributed by atoms with Crippen LogP contribution in [0.5, 0.6) is 0 Å². The summed E-state index contributed by atoms with van der Waals surface area (Å²) < 4.78 is 0. The quantitative estimate of drug-likeness (QED) is 0.425. The molecule has 17 heavy (non-hydrogen) atoms. The second-order valence-electron chi connectivity index (χ2n) is 4.43. The highest BCUT2D eigenvalue weighted by Gasteiger charge is 1.97. The first-order valence-corrected chi connectivity index (χ1v) is 6.91. The molecule has 0 aromatic carbocycles. The van der Waals surface area contributed by atoms with Crippen LogP contribution in [0.3, 0.4) is 0 Å².